The van der Waals surface area contributed by atoms with E-state index in [0.717, 1.165) is 53.1 Å². The van der Waals surface area contributed by atoms with Gasteiger partial charge in [-0.15, -0.1) is 5.10 Å². The van der Waals surface area contributed by atoms with Gasteiger partial charge in [0.2, 0.25) is 5.95 Å². The van der Waals surface area contributed by atoms with Crippen molar-refractivity contribution in [2.24, 2.45) is 4.99 Å². The number of hydrogen-bond donors (Lipinski definition) is 1. The molecular weight excluding hydrogens is 343 g/mol. The molecule has 1 N–H and O–H groups in total. The van der Waals surface area contributed by atoms with Gasteiger partial charge in [-0.1, -0.05) is 0 Å². The van der Waals surface area contributed by atoms with E-state index in [-0.39, 0.29) is 6.54 Å². The van der Waals surface area contributed by atoms with Gasteiger partial charge in [-0.05, 0) is 57.2 Å². The summed E-state index contributed by atoms with van der Waals surface area (Å²) < 4.78 is 15.9. The Morgan fingerprint density at radius 1 is 1.22 bits per heavy atom. The molecule has 0 aromatic carbocycles. The largest absolute Gasteiger partial charge is 0.350 e. The fourth-order valence-electron chi connectivity index (χ4n) is 3.66. The summed E-state index contributed by atoms with van der Waals surface area (Å²) in [4.78, 5) is 13.8. The summed E-state index contributed by atoms with van der Waals surface area (Å²) in [5.41, 5.74) is 4.80. The van der Waals surface area contributed by atoms with Gasteiger partial charge in [0.25, 0.3) is 0 Å². The van der Waals surface area contributed by atoms with Crippen LogP contribution >= 0.6 is 0 Å². The van der Waals surface area contributed by atoms with E-state index in [1.807, 2.05) is 24.4 Å². The number of nitrogens with zero attached hydrogens (tertiary/aromatic N) is 5. The predicted octanol–water partition coefficient (Wildman–Crippen LogP) is 4.13. The number of halogens is 1. The number of hydrogen-bond acceptors (Lipinski definition) is 5. The highest BCUT2D eigenvalue weighted by molar-refractivity contribution is 5.87. The number of rotatable bonds is 4. The van der Waals surface area contributed by atoms with Gasteiger partial charge in [0.15, 0.2) is 0 Å². The summed E-state index contributed by atoms with van der Waals surface area (Å²) in [5.74, 6) is 0.441. The Morgan fingerprint density at radius 2 is 2.11 bits per heavy atom. The minimum atomic E-state index is -1.10. The van der Waals surface area contributed by atoms with E-state index in [9.17, 15) is 4.39 Å². The minimum Gasteiger partial charge on any atom is -0.350 e. The molecule has 1 aliphatic carbocycles. The number of aliphatic imine (C=N–C) groups is 1. The number of alkyl halides is 1. The molecule has 4 heterocycles. The number of aryl methyl sites for hydroxylation is 1. The first kappa shape index (κ1) is 16.4. The standard InChI is InChI=1S/C20H21FN6/c1-13-3-4-17-16(24-13)6-5-15(25-17)14-7-10-27-18(14)11-22-19(26-27)23-12-20(21)8-2-9-20/h5-7,10-11H,2-4,8-9,12H2,1H3,(H,23,26). The van der Waals surface area contributed by atoms with Gasteiger partial charge in [0, 0.05) is 17.5 Å². The zero-order valence-electron chi connectivity index (χ0n) is 15.2. The Kier molecular flexibility index (Phi) is 3.70. The molecule has 27 heavy (non-hydrogen) atoms. The number of nitrogens with one attached hydrogen (secondary N) is 1. The lowest BCUT2D eigenvalue weighted by Gasteiger charge is -2.33. The van der Waals surface area contributed by atoms with Crippen LogP contribution in [0.2, 0.25) is 0 Å². The Morgan fingerprint density at radius 3 is 2.93 bits per heavy atom. The quantitative estimate of drug-likeness (QED) is 0.756. The maximum absolute atomic E-state index is 14.2. The number of anilines is 1. The van der Waals surface area contributed by atoms with Gasteiger partial charge < -0.3 is 5.32 Å². The summed E-state index contributed by atoms with van der Waals surface area (Å²) >= 11 is 0. The second-order valence-electron chi connectivity index (χ2n) is 7.51. The third-order valence-corrected chi connectivity index (χ3v) is 5.49. The Hall–Kier alpha value is -2.83. The van der Waals surface area contributed by atoms with E-state index >= 15 is 0 Å². The van der Waals surface area contributed by atoms with Crippen LogP contribution in [0.4, 0.5) is 16.0 Å². The lowest BCUT2D eigenvalue weighted by atomic mass is 9.82. The van der Waals surface area contributed by atoms with Crippen LogP contribution in [0.15, 0.2) is 35.6 Å². The zero-order chi connectivity index (χ0) is 18.4. The molecule has 0 saturated heterocycles. The number of fused-ring (bicyclic) bond motifs is 2. The molecule has 3 aromatic heterocycles. The lowest BCUT2D eigenvalue weighted by molar-refractivity contribution is 0.0782. The van der Waals surface area contributed by atoms with E-state index in [0.29, 0.717) is 18.8 Å². The van der Waals surface area contributed by atoms with Crippen molar-refractivity contribution >= 4 is 22.9 Å². The molecular formula is C20H21FN6. The highest BCUT2D eigenvalue weighted by Gasteiger charge is 2.36. The van der Waals surface area contributed by atoms with Gasteiger partial charge in [-0.25, -0.2) is 13.9 Å². The molecule has 6 nitrogen and oxygen atoms in total. The molecule has 5 rings (SSSR count). The van der Waals surface area contributed by atoms with E-state index in [2.05, 4.69) is 27.3 Å². The third-order valence-electron chi connectivity index (χ3n) is 5.49. The number of pyridine rings is 1. The van der Waals surface area contributed by atoms with Gasteiger partial charge in [0.1, 0.15) is 5.67 Å². The van der Waals surface area contributed by atoms with E-state index in [1.54, 1.807) is 10.7 Å². The van der Waals surface area contributed by atoms with Crippen LogP contribution in [0, 0.1) is 0 Å². The molecule has 1 saturated carbocycles. The van der Waals surface area contributed by atoms with Crippen molar-refractivity contribution in [3.8, 4) is 11.3 Å². The molecule has 0 bridgehead atoms. The summed E-state index contributed by atoms with van der Waals surface area (Å²) in [6, 6.07) is 6.01. The molecule has 138 valence electrons. The van der Waals surface area contributed by atoms with Crippen molar-refractivity contribution in [2.45, 2.75) is 44.7 Å². The second-order valence-corrected chi connectivity index (χ2v) is 7.51. The van der Waals surface area contributed by atoms with E-state index in [4.69, 9.17) is 4.98 Å². The van der Waals surface area contributed by atoms with Gasteiger partial charge in [-0.3, -0.25) is 9.98 Å². The molecule has 0 unspecified atom stereocenters. The van der Waals surface area contributed by atoms with Crippen molar-refractivity contribution in [3.63, 3.8) is 0 Å². The topological polar surface area (TPSA) is 67.5 Å². The molecule has 1 aliphatic heterocycles. The van der Waals surface area contributed by atoms with Crippen LogP contribution in [0.3, 0.4) is 0 Å². The van der Waals surface area contributed by atoms with Crippen LogP contribution in [0.1, 0.15) is 38.3 Å². The smallest absolute Gasteiger partial charge is 0.241 e. The summed E-state index contributed by atoms with van der Waals surface area (Å²) in [6.45, 7) is 2.32. The third kappa shape index (κ3) is 2.97. The van der Waals surface area contributed by atoms with Gasteiger partial charge >= 0.3 is 0 Å². The average molecular weight is 364 g/mol. The fraction of sp³-hybridized carbons (Fsp3) is 0.400. The Balaban J connectivity index is 1.43. The van der Waals surface area contributed by atoms with Crippen LogP contribution in [-0.2, 0) is 6.42 Å². The average Bonchev–Trinajstić information content (AvgIpc) is 3.07. The summed E-state index contributed by atoms with van der Waals surface area (Å²) in [5, 5.41) is 7.48. The van der Waals surface area contributed by atoms with Crippen molar-refractivity contribution in [2.75, 3.05) is 11.9 Å². The molecule has 0 spiro atoms. The molecule has 0 radical (unpaired) electrons. The molecule has 0 atom stereocenters. The zero-order valence-corrected chi connectivity index (χ0v) is 15.2. The Labute approximate surface area is 156 Å². The SMILES string of the molecule is CC1=Nc2ccc(-c3ccn4nc(NCC5(F)CCC5)ncc34)nc2CC1. The molecule has 2 aliphatic rings. The lowest BCUT2D eigenvalue weighted by Crippen LogP contribution is -2.39. The minimum absolute atomic E-state index is 0.263. The van der Waals surface area contributed by atoms with Crippen molar-refractivity contribution in [1.82, 2.24) is 19.6 Å². The van der Waals surface area contributed by atoms with Crippen LogP contribution in [0.5, 0.6) is 0 Å². The first-order valence-electron chi connectivity index (χ1n) is 9.41. The van der Waals surface area contributed by atoms with Crippen LogP contribution in [0.25, 0.3) is 16.8 Å². The van der Waals surface area contributed by atoms with Crippen molar-refractivity contribution in [3.05, 3.63) is 36.3 Å². The second kappa shape index (κ2) is 6.11. The van der Waals surface area contributed by atoms with Gasteiger partial charge in [0.05, 0.1) is 35.3 Å². The molecule has 0 amide bonds. The normalized spacial score (nSPS) is 17.9. The highest BCUT2D eigenvalue weighted by Crippen LogP contribution is 2.35. The predicted molar refractivity (Wildman–Crippen MR) is 103 cm³/mol. The van der Waals surface area contributed by atoms with Crippen LogP contribution in [-0.4, -0.2) is 37.5 Å². The molecule has 1 fully saturated rings. The summed E-state index contributed by atoms with van der Waals surface area (Å²) in [7, 11) is 0. The summed E-state index contributed by atoms with van der Waals surface area (Å²) in [6.07, 6.45) is 7.70. The number of aromatic nitrogens is 4. The van der Waals surface area contributed by atoms with Crippen molar-refractivity contribution < 1.29 is 4.39 Å². The maximum Gasteiger partial charge on any atom is 0.241 e. The Bertz CT molecular complexity index is 1050. The van der Waals surface area contributed by atoms with Crippen LogP contribution < -0.4 is 5.32 Å². The van der Waals surface area contributed by atoms with Gasteiger partial charge in [-0.2, -0.15) is 0 Å². The molecule has 7 heteroatoms. The highest BCUT2D eigenvalue weighted by atomic mass is 19.1. The monoisotopic (exact) mass is 364 g/mol. The first-order valence-corrected chi connectivity index (χ1v) is 9.41. The maximum atomic E-state index is 14.2. The first-order chi connectivity index (χ1) is 13.1. The van der Waals surface area contributed by atoms with Crippen molar-refractivity contribution in [1.29, 1.82) is 0 Å². The van der Waals surface area contributed by atoms with E-state index < -0.39 is 5.67 Å². The van der Waals surface area contributed by atoms with E-state index in [1.165, 1.54) is 0 Å². The fourth-order valence-corrected chi connectivity index (χ4v) is 3.66. The molecule has 3 aromatic rings.